The molecule has 0 spiro atoms. The van der Waals surface area contributed by atoms with Crippen molar-refractivity contribution in [3.05, 3.63) is 115 Å². The minimum atomic E-state index is -0.216. The Hall–Kier alpha value is -4.39. The van der Waals surface area contributed by atoms with Gasteiger partial charge in [0, 0.05) is 24.2 Å². The third kappa shape index (κ3) is 4.62. The van der Waals surface area contributed by atoms with Crippen LogP contribution in [0.4, 0.5) is 5.82 Å². The van der Waals surface area contributed by atoms with Crippen molar-refractivity contribution in [1.29, 1.82) is 0 Å². The van der Waals surface area contributed by atoms with E-state index in [-0.39, 0.29) is 24.5 Å². The summed E-state index contributed by atoms with van der Waals surface area (Å²) in [5.74, 6) is 0.294. The molecule has 1 N–H and O–H groups in total. The largest absolute Gasteiger partial charge is 0.309 e. The Bertz CT molecular complexity index is 1230. The number of nitrogens with zero attached hydrogens (tertiary/aromatic N) is 5. The summed E-state index contributed by atoms with van der Waals surface area (Å²) in [6, 6.07) is 27.2. The molecule has 1 aliphatic rings. The van der Waals surface area contributed by atoms with Gasteiger partial charge in [0.1, 0.15) is 24.4 Å². The van der Waals surface area contributed by atoms with E-state index in [1.165, 1.54) is 0 Å². The van der Waals surface area contributed by atoms with Crippen molar-refractivity contribution in [2.75, 3.05) is 11.9 Å². The minimum absolute atomic E-state index is 0.0623. The van der Waals surface area contributed by atoms with E-state index in [4.69, 9.17) is 0 Å². The Morgan fingerprint density at radius 1 is 0.818 bits per heavy atom. The molecule has 3 heterocycles. The van der Waals surface area contributed by atoms with Gasteiger partial charge in [-0.3, -0.25) is 14.8 Å². The number of hydrogen-bond acceptors (Lipinski definition) is 6. The van der Waals surface area contributed by atoms with Gasteiger partial charge >= 0.3 is 0 Å². The van der Waals surface area contributed by atoms with Crippen molar-refractivity contribution in [2.45, 2.75) is 12.1 Å². The molecule has 7 heteroatoms. The molecule has 0 bridgehead atoms. The second-order valence-corrected chi connectivity index (χ2v) is 7.73. The molecule has 2 atom stereocenters. The van der Waals surface area contributed by atoms with Gasteiger partial charge in [-0.2, -0.15) is 5.11 Å². The van der Waals surface area contributed by atoms with E-state index in [2.05, 4.69) is 25.6 Å². The molecular formula is C26H22N6O. The van der Waals surface area contributed by atoms with Gasteiger partial charge in [-0.25, -0.2) is 4.98 Å². The van der Waals surface area contributed by atoms with Crippen molar-refractivity contribution >= 4 is 11.7 Å². The quantitative estimate of drug-likeness (QED) is 0.449. The second kappa shape index (κ2) is 9.40. The van der Waals surface area contributed by atoms with Crippen LogP contribution in [0.15, 0.2) is 114 Å². The summed E-state index contributed by atoms with van der Waals surface area (Å²) < 4.78 is 0. The van der Waals surface area contributed by atoms with Gasteiger partial charge in [-0.15, -0.1) is 0 Å². The number of aromatic nitrogens is 2. The lowest BCUT2D eigenvalue weighted by Crippen LogP contribution is -2.32. The van der Waals surface area contributed by atoms with E-state index >= 15 is 0 Å². The van der Waals surface area contributed by atoms with Gasteiger partial charge in [0.15, 0.2) is 0 Å². The van der Waals surface area contributed by atoms with Gasteiger partial charge in [0.05, 0.1) is 0 Å². The van der Waals surface area contributed by atoms with E-state index in [1.807, 2.05) is 78.9 Å². The van der Waals surface area contributed by atoms with E-state index in [0.717, 1.165) is 22.3 Å². The number of carbonyl (C=O) groups excluding carboxylic acids is 1. The first-order chi connectivity index (χ1) is 16.3. The highest BCUT2D eigenvalue weighted by Gasteiger charge is 2.36. The van der Waals surface area contributed by atoms with Crippen molar-refractivity contribution in [2.24, 2.45) is 10.3 Å². The van der Waals surface area contributed by atoms with E-state index < -0.39 is 0 Å². The van der Waals surface area contributed by atoms with Crippen LogP contribution in [0.25, 0.3) is 11.1 Å². The fourth-order valence-electron chi connectivity index (χ4n) is 3.95. The first kappa shape index (κ1) is 20.5. The molecule has 0 saturated carbocycles. The molecule has 1 aliphatic heterocycles. The van der Waals surface area contributed by atoms with Crippen LogP contribution < -0.4 is 5.32 Å². The standard InChI is InChI=1S/C26H22N6O/c33-24(29-23-12-11-22(17-28-23)19-7-3-1-4-8-19)18-32-26(21-9-5-2-6-10-21)25(30-31-32)20-13-15-27-16-14-20/h1-17,25-26H,18H2,(H,28,29,33). The van der Waals surface area contributed by atoms with Crippen LogP contribution >= 0.6 is 0 Å². The molecule has 4 aromatic rings. The Kier molecular flexibility index (Phi) is 5.84. The number of rotatable bonds is 6. The molecule has 2 unspecified atom stereocenters. The molecule has 5 rings (SSSR count). The molecule has 2 aromatic heterocycles. The molecule has 7 nitrogen and oxygen atoms in total. The van der Waals surface area contributed by atoms with Crippen molar-refractivity contribution in [3.8, 4) is 11.1 Å². The molecule has 0 fully saturated rings. The number of hydrogen-bond donors (Lipinski definition) is 1. The van der Waals surface area contributed by atoms with Crippen molar-refractivity contribution in [3.63, 3.8) is 0 Å². The summed E-state index contributed by atoms with van der Waals surface area (Å²) in [5, 5.41) is 13.4. The lowest BCUT2D eigenvalue weighted by Gasteiger charge is -2.25. The number of carbonyl (C=O) groups is 1. The predicted molar refractivity (Wildman–Crippen MR) is 126 cm³/mol. The zero-order valence-electron chi connectivity index (χ0n) is 17.8. The smallest absolute Gasteiger partial charge is 0.246 e. The SMILES string of the molecule is O=C(CN1N=NC(c2ccncc2)C1c1ccccc1)Nc1ccc(-c2ccccc2)cn1. The van der Waals surface area contributed by atoms with E-state index in [1.54, 1.807) is 29.7 Å². The lowest BCUT2D eigenvalue weighted by molar-refractivity contribution is -0.117. The first-order valence-corrected chi connectivity index (χ1v) is 10.7. The maximum absolute atomic E-state index is 12.8. The molecule has 162 valence electrons. The number of nitrogens with one attached hydrogen (secondary N) is 1. The molecule has 1 amide bonds. The highest BCUT2D eigenvalue weighted by Crippen LogP contribution is 2.41. The number of anilines is 1. The summed E-state index contributed by atoms with van der Waals surface area (Å²) >= 11 is 0. The Morgan fingerprint density at radius 2 is 1.55 bits per heavy atom. The topological polar surface area (TPSA) is 82.8 Å². The highest BCUT2D eigenvalue weighted by molar-refractivity contribution is 5.91. The van der Waals surface area contributed by atoms with Gasteiger partial charge in [0.25, 0.3) is 0 Å². The zero-order chi connectivity index (χ0) is 22.5. The Morgan fingerprint density at radius 3 is 2.24 bits per heavy atom. The average Bonchev–Trinajstić information content (AvgIpc) is 3.29. The molecule has 0 saturated heterocycles. The average molecular weight is 435 g/mol. The van der Waals surface area contributed by atoms with Gasteiger partial charge in [0.2, 0.25) is 5.91 Å². The molecule has 0 radical (unpaired) electrons. The molecule has 33 heavy (non-hydrogen) atoms. The van der Waals surface area contributed by atoms with Crippen molar-refractivity contribution in [1.82, 2.24) is 15.0 Å². The van der Waals surface area contributed by atoms with Crippen LogP contribution in [0.1, 0.15) is 23.2 Å². The number of amides is 1. The predicted octanol–water partition coefficient (Wildman–Crippen LogP) is 5.25. The van der Waals surface area contributed by atoms with Crippen LogP contribution in [0.3, 0.4) is 0 Å². The minimum Gasteiger partial charge on any atom is -0.309 e. The summed E-state index contributed by atoms with van der Waals surface area (Å²) in [6.45, 7) is 0.0623. The number of pyridine rings is 2. The Balaban J connectivity index is 1.30. The van der Waals surface area contributed by atoms with Crippen molar-refractivity contribution < 1.29 is 4.79 Å². The zero-order valence-corrected chi connectivity index (χ0v) is 17.8. The fraction of sp³-hybridized carbons (Fsp3) is 0.115. The third-order valence-electron chi connectivity index (χ3n) is 5.54. The van der Waals surface area contributed by atoms with Crippen LogP contribution in [0.5, 0.6) is 0 Å². The maximum Gasteiger partial charge on any atom is 0.246 e. The van der Waals surface area contributed by atoms with Crippen LogP contribution in [-0.2, 0) is 4.79 Å². The monoisotopic (exact) mass is 434 g/mol. The van der Waals surface area contributed by atoms with Crippen LogP contribution in [0, 0.1) is 0 Å². The van der Waals surface area contributed by atoms with Gasteiger partial charge < -0.3 is 5.32 Å². The highest BCUT2D eigenvalue weighted by atomic mass is 16.2. The molecule has 2 aromatic carbocycles. The second-order valence-electron chi connectivity index (χ2n) is 7.73. The summed E-state index contributed by atoms with van der Waals surface area (Å²) in [4.78, 5) is 21.3. The lowest BCUT2D eigenvalue weighted by atomic mass is 9.94. The summed E-state index contributed by atoms with van der Waals surface area (Å²) in [6.07, 6.45) is 5.24. The number of benzene rings is 2. The Labute approximate surface area is 191 Å². The summed E-state index contributed by atoms with van der Waals surface area (Å²) in [7, 11) is 0. The normalized spacial score (nSPS) is 17.2. The van der Waals surface area contributed by atoms with Gasteiger partial charge in [-0.1, -0.05) is 65.9 Å². The van der Waals surface area contributed by atoms with E-state index in [9.17, 15) is 4.79 Å². The summed E-state index contributed by atoms with van der Waals surface area (Å²) in [5.41, 5.74) is 4.12. The first-order valence-electron chi connectivity index (χ1n) is 10.7. The fourth-order valence-corrected chi connectivity index (χ4v) is 3.95. The molecular weight excluding hydrogens is 412 g/mol. The van der Waals surface area contributed by atoms with Crippen LogP contribution in [-0.4, -0.2) is 27.4 Å². The van der Waals surface area contributed by atoms with Crippen LogP contribution in [0.2, 0.25) is 0 Å². The van der Waals surface area contributed by atoms with Gasteiger partial charge in [-0.05, 0) is 41.0 Å². The van der Waals surface area contributed by atoms with E-state index in [0.29, 0.717) is 5.82 Å². The molecule has 0 aliphatic carbocycles. The third-order valence-corrected chi connectivity index (χ3v) is 5.54. The maximum atomic E-state index is 12.8.